The van der Waals surface area contributed by atoms with E-state index in [0.717, 1.165) is 17.2 Å². The molecule has 178 valence electrons. The van der Waals surface area contributed by atoms with Gasteiger partial charge in [0.1, 0.15) is 5.82 Å². The van der Waals surface area contributed by atoms with E-state index in [1.807, 2.05) is 13.0 Å². The number of hydrogen-bond acceptors (Lipinski definition) is 4. The summed E-state index contributed by atoms with van der Waals surface area (Å²) < 4.78 is 14.7. The number of pyridine rings is 1. The molecule has 0 aliphatic carbocycles. The van der Waals surface area contributed by atoms with Gasteiger partial charge in [0, 0.05) is 28.7 Å². The van der Waals surface area contributed by atoms with Gasteiger partial charge in [-0.15, -0.1) is 0 Å². The van der Waals surface area contributed by atoms with Crippen molar-refractivity contribution < 1.29 is 14.0 Å². The van der Waals surface area contributed by atoms with Crippen molar-refractivity contribution in [1.82, 2.24) is 9.88 Å². The predicted octanol–water partition coefficient (Wildman–Crippen LogP) is 3.95. The molecule has 34 heavy (non-hydrogen) atoms. The quantitative estimate of drug-likeness (QED) is 0.472. The highest BCUT2D eigenvalue weighted by molar-refractivity contribution is 6.35. The Labute approximate surface area is 205 Å². The first-order valence-corrected chi connectivity index (χ1v) is 11.5. The minimum absolute atomic E-state index is 0.0790. The highest BCUT2D eigenvalue weighted by Gasteiger charge is 2.29. The SMILES string of the molecule is CC1c2c(Cl)cc(Cl)cc2CCN1C(=O)CNc1cc2cc(CCC(N)=O)[nH]c(=O)c2cc1F. The first-order chi connectivity index (χ1) is 16.1. The smallest absolute Gasteiger partial charge is 0.256 e. The zero-order chi connectivity index (χ0) is 24.6. The zero-order valence-corrected chi connectivity index (χ0v) is 19.9. The van der Waals surface area contributed by atoms with Crippen molar-refractivity contribution in [2.75, 3.05) is 18.4 Å². The van der Waals surface area contributed by atoms with Crippen molar-refractivity contribution in [1.29, 1.82) is 0 Å². The maximum atomic E-state index is 14.7. The largest absolute Gasteiger partial charge is 0.374 e. The zero-order valence-electron chi connectivity index (χ0n) is 18.4. The number of primary amides is 1. The van der Waals surface area contributed by atoms with Gasteiger partial charge in [-0.1, -0.05) is 23.2 Å². The van der Waals surface area contributed by atoms with Crippen molar-refractivity contribution >= 4 is 51.5 Å². The minimum atomic E-state index is -0.648. The number of nitrogens with one attached hydrogen (secondary N) is 2. The summed E-state index contributed by atoms with van der Waals surface area (Å²) in [6.45, 7) is 2.25. The number of carbonyl (C=O) groups is 2. The number of amides is 2. The second-order valence-electron chi connectivity index (χ2n) is 8.34. The molecule has 7 nitrogen and oxygen atoms in total. The van der Waals surface area contributed by atoms with Crippen LogP contribution in [-0.2, 0) is 22.4 Å². The third-order valence-electron chi connectivity index (χ3n) is 6.07. The lowest BCUT2D eigenvalue weighted by Crippen LogP contribution is -2.42. The lowest BCUT2D eigenvalue weighted by molar-refractivity contribution is -0.131. The molecule has 1 aliphatic heterocycles. The molecule has 1 unspecified atom stereocenters. The molecule has 0 saturated heterocycles. The topological polar surface area (TPSA) is 108 Å². The molecule has 10 heteroatoms. The van der Waals surface area contributed by atoms with Crippen LogP contribution >= 0.6 is 23.2 Å². The molecule has 0 bridgehead atoms. The van der Waals surface area contributed by atoms with Gasteiger partial charge in [0.25, 0.3) is 5.56 Å². The summed E-state index contributed by atoms with van der Waals surface area (Å²) in [7, 11) is 0. The number of carbonyl (C=O) groups excluding carboxylic acids is 2. The number of H-pyrrole nitrogens is 1. The van der Waals surface area contributed by atoms with Crippen LogP contribution in [0.25, 0.3) is 10.8 Å². The third kappa shape index (κ3) is 4.88. The number of aromatic amines is 1. The van der Waals surface area contributed by atoms with E-state index in [2.05, 4.69) is 10.3 Å². The van der Waals surface area contributed by atoms with Crippen LogP contribution in [0.3, 0.4) is 0 Å². The molecule has 0 radical (unpaired) electrons. The van der Waals surface area contributed by atoms with Crippen molar-refractivity contribution in [3.8, 4) is 0 Å². The molecule has 4 rings (SSSR count). The van der Waals surface area contributed by atoms with Crippen molar-refractivity contribution in [2.24, 2.45) is 5.73 Å². The number of aromatic nitrogens is 1. The summed E-state index contributed by atoms with van der Waals surface area (Å²) in [6, 6.07) is 7.55. The van der Waals surface area contributed by atoms with Crippen LogP contribution in [0.2, 0.25) is 10.0 Å². The Hall–Kier alpha value is -3.10. The number of nitrogens with two attached hydrogens (primary N) is 1. The van der Waals surface area contributed by atoms with E-state index in [-0.39, 0.29) is 42.4 Å². The molecule has 0 spiro atoms. The van der Waals surface area contributed by atoms with Crippen LogP contribution in [0, 0.1) is 5.82 Å². The average molecular weight is 505 g/mol. The van der Waals surface area contributed by atoms with Crippen molar-refractivity contribution in [3.05, 3.63) is 73.4 Å². The van der Waals surface area contributed by atoms with Gasteiger partial charge in [-0.2, -0.15) is 0 Å². The minimum Gasteiger partial charge on any atom is -0.374 e. The van der Waals surface area contributed by atoms with Gasteiger partial charge in [0.15, 0.2) is 0 Å². The van der Waals surface area contributed by atoms with Gasteiger partial charge < -0.3 is 20.9 Å². The van der Waals surface area contributed by atoms with E-state index < -0.39 is 17.3 Å². The monoisotopic (exact) mass is 504 g/mol. The number of benzene rings is 2. The number of anilines is 1. The Morgan fingerprint density at radius 2 is 2.00 bits per heavy atom. The third-order valence-corrected chi connectivity index (χ3v) is 6.60. The summed E-state index contributed by atoms with van der Waals surface area (Å²) >= 11 is 12.5. The van der Waals surface area contributed by atoms with Gasteiger partial charge in [-0.25, -0.2) is 4.39 Å². The molecule has 2 aromatic carbocycles. The van der Waals surface area contributed by atoms with Crippen molar-refractivity contribution in [3.63, 3.8) is 0 Å². The Balaban J connectivity index is 1.52. The maximum Gasteiger partial charge on any atom is 0.256 e. The van der Waals surface area contributed by atoms with E-state index in [0.29, 0.717) is 34.1 Å². The van der Waals surface area contributed by atoms with Crippen LogP contribution in [0.1, 0.15) is 36.2 Å². The van der Waals surface area contributed by atoms with E-state index in [4.69, 9.17) is 28.9 Å². The van der Waals surface area contributed by atoms with Gasteiger partial charge >= 0.3 is 0 Å². The lowest BCUT2D eigenvalue weighted by atomic mass is 9.93. The Kier molecular flexibility index (Phi) is 6.81. The summed E-state index contributed by atoms with van der Waals surface area (Å²) in [5, 5.41) is 4.58. The second-order valence-corrected chi connectivity index (χ2v) is 9.18. The lowest BCUT2D eigenvalue weighted by Gasteiger charge is -2.36. The van der Waals surface area contributed by atoms with Crippen molar-refractivity contribution in [2.45, 2.75) is 32.2 Å². The second kappa shape index (κ2) is 9.64. The van der Waals surface area contributed by atoms with Gasteiger partial charge in [-0.05, 0) is 66.6 Å². The maximum absolute atomic E-state index is 14.7. The summed E-state index contributed by atoms with van der Waals surface area (Å²) in [4.78, 5) is 40.7. The molecular weight excluding hydrogens is 482 g/mol. The summed E-state index contributed by atoms with van der Waals surface area (Å²) in [5.41, 5.74) is 7.21. The molecule has 2 amide bonds. The Morgan fingerprint density at radius 1 is 1.24 bits per heavy atom. The van der Waals surface area contributed by atoms with Crippen LogP contribution in [-0.4, -0.2) is 34.8 Å². The van der Waals surface area contributed by atoms with E-state index in [1.165, 1.54) is 6.07 Å². The summed E-state index contributed by atoms with van der Waals surface area (Å²) in [5.74, 6) is -1.35. The molecule has 1 atom stereocenters. The molecule has 0 saturated carbocycles. The summed E-state index contributed by atoms with van der Waals surface area (Å²) in [6.07, 6.45) is 0.962. The fourth-order valence-electron chi connectivity index (χ4n) is 4.39. The highest BCUT2D eigenvalue weighted by Crippen LogP contribution is 2.37. The van der Waals surface area contributed by atoms with Crippen LogP contribution in [0.5, 0.6) is 0 Å². The number of fused-ring (bicyclic) bond motifs is 2. The number of halogens is 3. The number of nitrogens with zero attached hydrogens (tertiary/aromatic N) is 1. The van der Waals surface area contributed by atoms with Gasteiger partial charge in [0.05, 0.1) is 23.7 Å². The number of hydrogen-bond donors (Lipinski definition) is 3. The van der Waals surface area contributed by atoms with E-state index >= 15 is 0 Å². The fourth-order valence-corrected chi connectivity index (χ4v) is 5.08. The van der Waals surface area contributed by atoms with Crippen LogP contribution < -0.4 is 16.6 Å². The Bertz CT molecular complexity index is 1360. The average Bonchev–Trinajstić information content (AvgIpc) is 2.76. The van der Waals surface area contributed by atoms with Crippen LogP contribution in [0.15, 0.2) is 35.1 Å². The molecule has 4 N–H and O–H groups in total. The highest BCUT2D eigenvalue weighted by atomic mass is 35.5. The van der Waals surface area contributed by atoms with Gasteiger partial charge in [0.2, 0.25) is 11.8 Å². The number of rotatable bonds is 6. The fraction of sp³-hybridized carbons (Fsp3) is 0.292. The molecule has 2 heterocycles. The van der Waals surface area contributed by atoms with E-state index in [1.54, 1.807) is 17.0 Å². The molecule has 3 aromatic rings. The first-order valence-electron chi connectivity index (χ1n) is 10.8. The normalized spacial score (nSPS) is 15.3. The first kappa shape index (κ1) is 24.0. The molecular formula is C24H23Cl2FN4O3. The molecule has 0 fully saturated rings. The standard InChI is InChI=1S/C24H23Cl2FN4O3/c1-12-23-13(6-15(25)9-18(23)26)4-5-31(12)22(33)11-29-20-8-14-7-16(2-3-21(28)32)30-24(34)17(14)10-19(20)27/h6-10,12,29H,2-5,11H2,1H3,(H2,28,32)(H,30,34). The van der Waals surface area contributed by atoms with E-state index in [9.17, 15) is 18.8 Å². The van der Waals surface area contributed by atoms with Crippen LogP contribution in [0.4, 0.5) is 10.1 Å². The van der Waals surface area contributed by atoms with Gasteiger partial charge in [-0.3, -0.25) is 14.4 Å². The molecule has 1 aromatic heterocycles. The predicted molar refractivity (Wildman–Crippen MR) is 131 cm³/mol. The number of aryl methyl sites for hydroxylation is 1. The Morgan fingerprint density at radius 3 is 2.74 bits per heavy atom. The molecule has 1 aliphatic rings.